The average Bonchev–Trinajstić information content (AvgIpc) is 1.62. The van der Waals surface area contributed by atoms with Gasteiger partial charge in [-0.2, -0.15) is 0 Å². The van der Waals surface area contributed by atoms with Crippen LogP contribution in [0.15, 0.2) is 101 Å². The first-order chi connectivity index (χ1) is 43.5. The number of methoxy groups -OCH3 is 2. The van der Waals surface area contributed by atoms with Gasteiger partial charge in [0, 0.05) is 62.2 Å². The number of anilines is 2. The SMILES string of the molecule is C/C=C/C1=CN2C(=O)c3cc(OC)c(OCCCOc4cc5c(cc4OC)C(=O)N4C=C(/C=C/C)C[C@H]4[C@H](O)N5C(=O)OCc4ccc(NC(=O)[C@H](C)NC(=O)[C@@H](NC(=O)CCOCCOCCOCCOCCNC(=O)CC)C(C)C)cc4)cc3N=C[C@@H]2C1. The van der Waals surface area contributed by atoms with E-state index in [0.29, 0.717) is 99.4 Å². The molecule has 5 atom stereocenters. The molecule has 25 heteroatoms. The van der Waals surface area contributed by atoms with Gasteiger partial charge in [-0.25, -0.2) is 9.69 Å². The van der Waals surface area contributed by atoms with E-state index in [2.05, 4.69) is 26.3 Å². The first-order valence-electron chi connectivity index (χ1n) is 30.3. The highest BCUT2D eigenvalue weighted by Gasteiger charge is 2.45. The normalized spacial score (nSPS) is 17.4. The molecule has 4 aliphatic rings. The number of aliphatic imine (C=N–C) groups is 1. The summed E-state index contributed by atoms with van der Waals surface area (Å²) in [6.45, 7) is 13.6. The zero-order valence-corrected chi connectivity index (χ0v) is 52.4. The van der Waals surface area contributed by atoms with Crippen LogP contribution in [0.1, 0.15) is 99.9 Å². The fraction of sp³-hybridized carbons (Fsp3) is 0.477. The van der Waals surface area contributed by atoms with Crippen molar-refractivity contribution >= 4 is 64.8 Å². The Labute approximate surface area is 524 Å². The molecule has 25 nitrogen and oxygen atoms in total. The monoisotopic (exact) mass is 1250 g/mol. The molecule has 7 amide bonds. The lowest BCUT2D eigenvalue weighted by Gasteiger charge is -2.31. The number of nitrogens with one attached hydrogen (secondary N) is 4. The minimum Gasteiger partial charge on any atom is -0.493 e. The van der Waals surface area contributed by atoms with Gasteiger partial charge in [0.15, 0.2) is 29.2 Å². The smallest absolute Gasteiger partial charge is 0.416 e. The highest BCUT2D eigenvalue weighted by molar-refractivity contribution is 6.07. The molecule has 3 aromatic carbocycles. The van der Waals surface area contributed by atoms with Crippen molar-refractivity contribution in [1.29, 1.82) is 0 Å². The van der Waals surface area contributed by atoms with Gasteiger partial charge in [0.05, 0.1) is 115 Å². The molecule has 0 bridgehead atoms. The summed E-state index contributed by atoms with van der Waals surface area (Å²) in [6, 6.07) is 9.66. The number of allylic oxidation sites excluding steroid dienone is 4. The summed E-state index contributed by atoms with van der Waals surface area (Å²) >= 11 is 0. The minimum atomic E-state index is -1.57. The number of amides is 7. The summed E-state index contributed by atoms with van der Waals surface area (Å²) in [7, 11) is 2.91. The molecule has 0 aliphatic carbocycles. The van der Waals surface area contributed by atoms with Gasteiger partial charge in [0.25, 0.3) is 11.8 Å². The highest BCUT2D eigenvalue weighted by atomic mass is 16.6. The molecular weight excluding hydrogens is 1160 g/mol. The number of nitrogens with zero attached hydrogens (tertiary/aromatic N) is 4. The number of hydrogen-bond donors (Lipinski definition) is 5. The van der Waals surface area contributed by atoms with Crippen LogP contribution in [0.2, 0.25) is 0 Å². The number of carbonyl (C=O) groups is 7. The van der Waals surface area contributed by atoms with Gasteiger partial charge in [-0.05, 0) is 80.5 Å². The van der Waals surface area contributed by atoms with E-state index in [1.165, 1.54) is 38.2 Å². The van der Waals surface area contributed by atoms with Crippen LogP contribution in [0.3, 0.4) is 0 Å². The van der Waals surface area contributed by atoms with Gasteiger partial charge in [0.2, 0.25) is 23.6 Å². The number of rotatable bonds is 34. The van der Waals surface area contributed by atoms with E-state index in [-0.39, 0.29) is 92.4 Å². The molecule has 0 saturated heterocycles. The lowest BCUT2D eigenvalue weighted by Crippen LogP contribution is -2.53. The fourth-order valence-electron chi connectivity index (χ4n) is 10.1. The summed E-state index contributed by atoms with van der Waals surface area (Å²) in [4.78, 5) is 102. The van der Waals surface area contributed by atoms with E-state index in [1.807, 2.05) is 44.4 Å². The van der Waals surface area contributed by atoms with Gasteiger partial charge in [-0.3, -0.25) is 33.8 Å². The van der Waals surface area contributed by atoms with Crippen LogP contribution >= 0.6 is 0 Å². The molecule has 0 saturated carbocycles. The first kappa shape index (κ1) is 68.9. The Balaban J connectivity index is 0.888. The van der Waals surface area contributed by atoms with E-state index in [4.69, 9.17) is 42.6 Å². The van der Waals surface area contributed by atoms with Crippen molar-refractivity contribution in [2.45, 2.75) is 111 Å². The van der Waals surface area contributed by atoms with Crippen LogP contribution in [0.4, 0.5) is 21.9 Å². The number of benzene rings is 3. The molecule has 3 aromatic rings. The second-order valence-electron chi connectivity index (χ2n) is 21.7. The van der Waals surface area contributed by atoms with Crippen LogP contribution in [0, 0.1) is 5.92 Å². The quantitative estimate of drug-likeness (QED) is 0.0391. The van der Waals surface area contributed by atoms with E-state index < -0.39 is 54.1 Å². The van der Waals surface area contributed by atoms with E-state index in [9.17, 15) is 38.7 Å². The predicted octanol–water partition coefficient (Wildman–Crippen LogP) is 6.66. The van der Waals surface area contributed by atoms with Crippen molar-refractivity contribution < 1.29 is 81.3 Å². The van der Waals surface area contributed by atoms with Crippen LogP contribution in [0.25, 0.3) is 0 Å². The molecule has 486 valence electrons. The zero-order valence-electron chi connectivity index (χ0n) is 52.4. The molecule has 0 radical (unpaired) electrons. The molecule has 4 aliphatic heterocycles. The molecule has 5 N–H and O–H groups in total. The number of aliphatic hydroxyl groups excluding tert-OH is 1. The maximum absolute atomic E-state index is 14.4. The largest absolute Gasteiger partial charge is 0.493 e. The maximum Gasteiger partial charge on any atom is 0.416 e. The topological polar surface area (TPSA) is 293 Å². The molecule has 0 unspecified atom stereocenters. The zero-order chi connectivity index (χ0) is 64.7. The molecule has 0 spiro atoms. The van der Waals surface area contributed by atoms with E-state index >= 15 is 0 Å². The Hall–Kier alpha value is -8.62. The van der Waals surface area contributed by atoms with E-state index in [1.54, 1.807) is 74.5 Å². The summed E-state index contributed by atoms with van der Waals surface area (Å²) in [6.07, 6.45) is 11.9. The summed E-state index contributed by atoms with van der Waals surface area (Å²) in [5, 5.41) is 23.0. The van der Waals surface area contributed by atoms with E-state index in [0.717, 1.165) is 16.0 Å². The molecule has 0 aromatic heterocycles. The second-order valence-corrected chi connectivity index (χ2v) is 21.7. The van der Waals surface area contributed by atoms with Gasteiger partial charge in [-0.15, -0.1) is 0 Å². The van der Waals surface area contributed by atoms with Crippen molar-refractivity contribution in [1.82, 2.24) is 25.8 Å². The lowest BCUT2D eigenvalue weighted by atomic mass is 10.0. The maximum atomic E-state index is 14.4. The summed E-state index contributed by atoms with van der Waals surface area (Å²) in [5.74, 6) is -1.40. The Morgan fingerprint density at radius 3 is 1.90 bits per heavy atom. The number of ether oxygens (including phenoxy) is 9. The molecule has 90 heavy (non-hydrogen) atoms. The third-order valence-corrected chi connectivity index (χ3v) is 14.8. The number of hydrogen-bond acceptors (Lipinski definition) is 18. The Morgan fingerprint density at radius 1 is 0.689 bits per heavy atom. The Morgan fingerprint density at radius 2 is 1.28 bits per heavy atom. The van der Waals surface area contributed by atoms with Crippen molar-refractivity contribution in [2.75, 3.05) is 97.0 Å². The van der Waals surface area contributed by atoms with Gasteiger partial charge in [0.1, 0.15) is 18.7 Å². The van der Waals surface area contributed by atoms with Crippen molar-refractivity contribution in [2.24, 2.45) is 10.9 Å². The first-order valence-corrected chi connectivity index (χ1v) is 30.3. The Bertz CT molecular complexity index is 3160. The van der Waals surface area contributed by atoms with Gasteiger partial charge in [-0.1, -0.05) is 57.2 Å². The average molecular weight is 1250 g/mol. The van der Waals surface area contributed by atoms with Gasteiger partial charge >= 0.3 is 6.09 Å². The molecule has 4 heterocycles. The van der Waals surface area contributed by atoms with Crippen molar-refractivity contribution in [3.8, 4) is 23.0 Å². The van der Waals surface area contributed by atoms with Crippen LogP contribution in [-0.4, -0.2) is 180 Å². The summed E-state index contributed by atoms with van der Waals surface area (Å²) < 4.78 is 51.4. The lowest BCUT2D eigenvalue weighted by molar-refractivity contribution is -0.132. The van der Waals surface area contributed by atoms with Crippen molar-refractivity contribution in [3.63, 3.8) is 0 Å². The molecule has 7 rings (SSSR count). The number of aliphatic hydroxyl groups is 1. The standard InChI is InChI=1S/C65H84N8O17/c1-9-13-44-31-47-37-67-50-35-55(53(82-7)33-48(50)62(78)71(47)38-44)88-21-12-22-89-56-36-51-49(34-54(56)83-8)63(79)72-39-45(14-10-2)32-52(72)64(80)73(51)65(81)90-40-43-15-17-46(18-16-43)69-60(76)42(6)68-61(77)59(41(4)5)70-58(75)19-23-84-25-27-86-29-30-87-28-26-85-24-20-66-57(74)11-3/h9-10,13-18,33-39,41-42,47,52,59,64,80H,11-12,19-32,40H2,1-8H3,(H,66,74)(H,68,77)(H,69,76)(H,70,75)/b13-9+,14-10+/t42-,47-,52-,59-,64-/m0/s1. The minimum absolute atomic E-state index is 0.00228. The number of fused-ring (bicyclic) bond motifs is 4. The Kier molecular flexibility index (Phi) is 26.3. The van der Waals surface area contributed by atoms with Crippen LogP contribution in [-0.2, 0) is 49.5 Å². The third kappa shape index (κ3) is 18.7. The molecular formula is C65H84N8O17. The number of carbonyl (C=O) groups excluding carboxylic acids is 7. The molecule has 0 fully saturated rings. The summed E-state index contributed by atoms with van der Waals surface area (Å²) in [5.41, 5.74) is 3.59. The van der Waals surface area contributed by atoms with Crippen LogP contribution < -0.4 is 45.1 Å². The predicted molar refractivity (Wildman–Crippen MR) is 334 cm³/mol. The second kappa shape index (κ2) is 34.4. The van der Waals surface area contributed by atoms with Crippen LogP contribution in [0.5, 0.6) is 23.0 Å². The van der Waals surface area contributed by atoms with Gasteiger partial charge < -0.3 is 78.8 Å². The fourth-order valence-corrected chi connectivity index (χ4v) is 10.1. The highest BCUT2D eigenvalue weighted by Crippen LogP contribution is 2.43. The third-order valence-electron chi connectivity index (χ3n) is 14.8. The van der Waals surface area contributed by atoms with Crippen molar-refractivity contribution in [3.05, 3.63) is 113 Å².